The largest absolute Gasteiger partial charge is 0.497 e. The molecule has 1 aliphatic rings. The summed E-state index contributed by atoms with van der Waals surface area (Å²) in [6.07, 6.45) is 0.966. The van der Waals surface area contributed by atoms with Crippen LogP contribution in [0.1, 0.15) is 13.3 Å². The summed E-state index contributed by atoms with van der Waals surface area (Å²) in [5.41, 5.74) is 1.61. The van der Waals surface area contributed by atoms with Crippen LogP contribution in [0.15, 0.2) is 23.6 Å². The number of hydrogen-bond donors (Lipinski definition) is 1. The Balaban J connectivity index is 1.82. The summed E-state index contributed by atoms with van der Waals surface area (Å²) in [6, 6.07) is 5.56. The summed E-state index contributed by atoms with van der Waals surface area (Å²) < 4.78 is 10.6. The minimum atomic E-state index is 0.0611. The van der Waals surface area contributed by atoms with Gasteiger partial charge in [0.2, 0.25) is 5.91 Å². The number of benzene rings is 1. The van der Waals surface area contributed by atoms with Crippen LogP contribution in [0.5, 0.6) is 11.5 Å². The number of methoxy groups -OCH3 is 2. The highest BCUT2D eigenvalue weighted by molar-refractivity contribution is 7.14. The van der Waals surface area contributed by atoms with Gasteiger partial charge in [0, 0.05) is 16.9 Å². The van der Waals surface area contributed by atoms with Crippen LogP contribution in [-0.2, 0) is 4.79 Å². The number of nitrogens with one attached hydrogen (secondary N) is 1. The van der Waals surface area contributed by atoms with Gasteiger partial charge in [-0.3, -0.25) is 4.79 Å². The molecule has 116 valence electrons. The summed E-state index contributed by atoms with van der Waals surface area (Å²) in [5.74, 6) is 2.14. The quantitative estimate of drug-likeness (QED) is 0.917. The Morgan fingerprint density at radius 2 is 2.14 bits per heavy atom. The fourth-order valence-corrected chi connectivity index (χ4v) is 3.07. The zero-order valence-electron chi connectivity index (χ0n) is 12.8. The van der Waals surface area contributed by atoms with E-state index in [1.807, 2.05) is 23.6 Å². The highest BCUT2D eigenvalue weighted by Crippen LogP contribution is 2.39. The first-order valence-electron chi connectivity index (χ1n) is 7.11. The van der Waals surface area contributed by atoms with Crippen LogP contribution in [-0.4, -0.2) is 25.1 Å². The standard InChI is InChI=1S/C16H18N2O3S/c1-9-6-11(9)15(19)18-16-17-13(8-22-16)12-7-10(20-2)4-5-14(12)21-3/h4-5,7-9,11H,6H2,1-3H3,(H,17,18,19)/t9-,11-/m0/s1. The van der Waals surface area contributed by atoms with Gasteiger partial charge in [-0.05, 0) is 30.5 Å². The summed E-state index contributed by atoms with van der Waals surface area (Å²) in [4.78, 5) is 16.5. The van der Waals surface area contributed by atoms with Crippen LogP contribution >= 0.6 is 11.3 Å². The monoisotopic (exact) mass is 318 g/mol. The molecular formula is C16H18N2O3S. The third kappa shape index (κ3) is 2.92. The Labute approximate surface area is 133 Å². The number of anilines is 1. The lowest BCUT2D eigenvalue weighted by Gasteiger charge is -2.08. The third-order valence-corrected chi connectivity index (χ3v) is 4.62. The molecule has 1 saturated carbocycles. The smallest absolute Gasteiger partial charge is 0.229 e. The van der Waals surface area contributed by atoms with E-state index in [-0.39, 0.29) is 11.8 Å². The van der Waals surface area contributed by atoms with Crippen LogP contribution in [0.25, 0.3) is 11.3 Å². The maximum absolute atomic E-state index is 12.0. The van der Waals surface area contributed by atoms with E-state index in [9.17, 15) is 4.79 Å². The van der Waals surface area contributed by atoms with Crippen LogP contribution in [0, 0.1) is 11.8 Å². The number of rotatable bonds is 5. The fourth-order valence-electron chi connectivity index (χ4n) is 2.35. The van der Waals surface area contributed by atoms with Crippen LogP contribution in [0.3, 0.4) is 0 Å². The molecule has 1 amide bonds. The molecule has 2 atom stereocenters. The van der Waals surface area contributed by atoms with Crippen LogP contribution in [0.2, 0.25) is 0 Å². The van der Waals surface area contributed by atoms with Crippen molar-refractivity contribution in [3.63, 3.8) is 0 Å². The van der Waals surface area contributed by atoms with Crippen molar-refractivity contribution in [2.45, 2.75) is 13.3 Å². The lowest BCUT2D eigenvalue weighted by molar-refractivity contribution is -0.117. The first-order chi connectivity index (χ1) is 10.6. The number of aromatic nitrogens is 1. The second-order valence-corrected chi connectivity index (χ2v) is 6.27. The lowest BCUT2D eigenvalue weighted by Crippen LogP contribution is -2.14. The van der Waals surface area contributed by atoms with Crippen molar-refractivity contribution in [3.05, 3.63) is 23.6 Å². The van der Waals surface area contributed by atoms with Crippen molar-refractivity contribution < 1.29 is 14.3 Å². The second-order valence-electron chi connectivity index (χ2n) is 5.41. The van der Waals surface area contributed by atoms with Gasteiger partial charge < -0.3 is 14.8 Å². The molecule has 0 aliphatic heterocycles. The maximum atomic E-state index is 12.0. The molecule has 1 aromatic heterocycles. The van der Waals surface area contributed by atoms with Crippen molar-refractivity contribution in [1.82, 2.24) is 4.98 Å². The molecule has 2 aromatic rings. The van der Waals surface area contributed by atoms with Gasteiger partial charge in [-0.1, -0.05) is 6.92 Å². The van der Waals surface area contributed by atoms with Gasteiger partial charge in [-0.2, -0.15) is 0 Å². The van der Waals surface area contributed by atoms with Gasteiger partial charge in [0.15, 0.2) is 5.13 Å². The highest BCUT2D eigenvalue weighted by atomic mass is 32.1. The normalized spacial score (nSPS) is 19.6. The molecule has 22 heavy (non-hydrogen) atoms. The number of nitrogens with zero attached hydrogens (tertiary/aromatic N) is 1. The topological polar surface area (TPSA) is 60.5 Å². The van der Waals surface area contributed by atoms with E-state index in [0.29, 0.717) is 11.0 Å². The molecule has 1 N–H and O–H groups in total. The minimum absolute atomic E-state index is 0.0611. The number of carbonyl (C=O) groups is 1. The zero-order valence-corrected chi connectivity index (χ0v) is 13.6. The molecule has 0 spiro atoms. The molecule has 1 fully saturated rings. The van der Waals surface area contributed by atoms with Gasteiger partial charge in [-0.25, -0.2) is 4.98 Å². The Morgan fingerprint density at radius 3 is 2.77 bits per heavy atom. The summed E-state index contributed by atoms with van der Waals surface area (Å²) in [5, 5.41) is 5.41. The molecule has 1 aromatic carbocycles. The second kappa shape index (κ2) is 5.96. The van der Waals surface area contributed by atoms with Gasteiger partial charge >= 0.3 is 0 Å². The predicted molar refractivity (Wildman–Crippen MR) is 86.6 cm³/mol. The van der Waals surface area contributed by atoms with E-state index in [1.165, 1.54) is 11.3 Å². The van der Waals surface area contributed by atoms with Crippen LogP contribution in [0.4, 0.5) is 5.13 Å². The average molecular weight is 318 g/mol. The summed E-state index contributed by atoms with van der Waals surface area (Å²) >= 11 is 1.41. The zero-order chi connectivity index (χ0) is 15.7. The van der Waals surface area contributed by atoms with Crippen molar-refractivity contribution in [2.24, 2.45) is 11.8 Å². The average Bonchev–Trinajstić information content (AvgIpc) is 3.09. The molecule has 0 unspecified atom stereocenters. The van der Waals surface area contributed by atoms with E-state index in [2.05, 4.69) is 17.2 Å². The summed E-state index contributed by atoms with van der Waals surface area (Å²) in [6.45, 7) is 2.08. The first-order valence-corrected chi connectivity index (χ1v) is 7.99. The number of amides is 1. The molecule has 0 radical (unpaired) electrons. The molecule has 0 bridgehead atoms. The van der Waals surface area contributed by atoms with Crippen molar-refractivity contribution in [1.29, 1.82) is 0 Å². The Kier molecular flexibility index (Phi) is 4.02. The van der Waals surface area contributed by atoms with Crippen molar-refractivity contribution in [3.8, 4) is 22.8 Å². The van der Waals surface area contributed by atoms with E-state index in [1.54, 1.807) is 14.2 Å². The van der Waals surface area contributed by atoms with E-state index >= 15 is 0 Å². The molecule has 6 heteroatoms. The fraction of sp³-hybridized carbons (Fsp3) is 0.375. The van der Waals surface area contributed by atoms with Gasteiger partial charge in [-0.15, -0.1) is 11.3 Å². The van der Waals surface area contributed by atoms with Gasteiger partial charge in [0.1, 0.15) is 11.5 Å². The van der Waals surface area contributed by atoms with Gasteiger partial charge in [0.05, 0.1) is 19.9 Å². The van der Waals surface area contributed by atoms with Crippen LogP contribution < -0.4 is 14.8 Å². The first kappa shape index (κ1) is 14.8. The summed E-state index contributed by atoms with van der Waals surface area (Å²) in [7, 11) is 3.24. The molecule has 5 nitrogen and oxygen atoms in total. The lowest BCUT2D eigenvalue weighted by atomic mass is 10.1. The number of thiazole rings is 1. The number of ether oxygens (including phenoxy) is 2. The maximum Gasteiger partial charge on any atom is 0.229 e. The number of carbonyl (C=O) groups excluding carboxylic acids is 1. The molecule has 1 heterocycles. The van der Waals surface area contributed by atoms with Crippen molar-refractivity contribution >= 4 is 22.4 Å². The molecular weight excluding hydrogens is 300 g/mol. The van der Waals surface area contributed by atoms with E-state index in [0.717, 1.165) is 29.2 Å². The predicted octanol–water partition coefficient (Wildman–Crippen LogP) is 3.42. The van der Waals surface area contributed by atoms with E-state index in [4.69, 9.17) is 9.47 Å². The molecule has 3 rings (SSSR count). The Hall–Kier alpha value is -2.08. The van der Waals surface area contributed by atoms with Crippen molar-refractivity contribution in [2.75, 3.05) is 19.5 Å². The SMILES string of the molecule is COc1ccc(OC)c(-c2csc(NC(=O)[C@H]3C[C@@H]3C)n2)c1. The molecule has 1 aliphatic carbocycles. The third-order valence-electron chi connectivity index (χ3n) is 3.86. The Bertz CT molecular complexity index is 698. The van der Waals surface area contributed by atoms with E-state index < -0.39 is 0 Å². The highest BCUT2D eigenvalue weighted by Gasteiger charge is 2.39. The minimum Gasteiger partial charge on any atom is -0.497 e. The molecule has 0 saturated heterocycles. The Morgan fingerprint density at radius 1 is 1.36 bits per heavy atom. The number of hydrogen-bond acceptors (Lipinski definition) is 5. The van der Waals surface area contributed by atoms with Gasteiger partial charge in [0.25, 0.3) is 0 Å².